The maximum atomic E-state index is 5.25. The van der Waals surface area contributed by atoms with Gasteiger partial charge in [0.15, 0.2) is 5.82 Å². The number of hydrogen-bond acceptors (Lipinski definition) is 4. The van der Waals surface area contributed by atoms with E-state index in [1.54, 1.807) is 16.9 Å². The lowest BCUT2D eigenvalue weighted by Crippen LogP contribution is -2.01. The van der Waals surface area contributed by atoms with Crippen molar-refractivity contribution in [1.29, 1.82) is 0 Å². The third kappa shape index (κ3) is 1.71. The van der Waals surface area contributed by atoms with E-state index in [4.69, 9.17) is 4.74 Å². The number of nitrogens with zero attached hydrogens (tertiary/aromatic N) is 4. The van der Waals surface area contributed by atoms with E-state index in [9.17, 15) is 0 Å². The molecule has 0 radical (unpaired) electrons. The van der Waals surface area contributed by atoms with Crippen LogP contribution in [0.3, 0.4) is 0 Å². The third-order valence-electron chi connectivity index (χ3n) is 1.66. The van der Waals surface area contributed by atoms with Crippen LogP contribution in [0.15, 0.2) is 30.9 Å². The van der Waals surface area contributed by atoms with Gasteiger partial charge in [0.25, 0.3) is 0 Å². The predicted molar refractivity (Wildman–Crippen MR) is 50.3 cm³/mol. The van der Waals surface area contributed by atoms with Gasteiger partial charge in [-0.25, -0.2) is 14.6 Å². The zero-order valence-corrected chi connectivity index (χ0v) is 7.79. The maximum Gasteiger partial charge on any atom is 0.218 e. The highest BCUT2D eigenvalue weighted by atomic mass is 16.5. The van der Waals surface area contributed by atoms with E-state index in [1.165, 1.54) is 6.33 Å². The summed E-state index contributed by atoms with van der Waals surface area (Å²) in [6, 6.07) is 3.58. The molecule has 0 aliphatic heterocycles. The molecule has 0 saturated heterocycles. The molecule has 0 amide bonds. The summed E-state index contributed by atoms with van der Waals surface area (Å²) in [5, 5.41) is 4.06. The van der Waals surface area contributed by atoms with Gasteiger partial charge in [-0.3, -0.25) is 0 Å². The molecular formula is C9H10N4O. The number of ether oxygens (including phenoxy) is 1. The first kappa shape index (κ1) is 8.68. The Kier molecular flexibility index (Phi) is 2.40. The minimum atomic E-state index is 0.563. The molecule has 2 aromatic heterocycles. The van der Waals surface area contributed by atoms with Crippen LogP contribution < -0.4 is 4.74 Å². The molecule has 0 spiro atoms. The molecular weight excluding hydrogens is 180 g/mol. The Balaban J connectivity index is 2.31. The number of rotatable bonds is 3. The van der Waals surface area contributed by atoms with Crippen LogP contribution in [0.4, 0.5) is 0 Å². The van der Waals surface area contributed by atoms with Gasteiger partial charge in [-0.2, -0.15) is 5.10 Å². The second kappa shape index (κ2) is 3.87. The average molecular weight is 190 g/mol. The van der Waals surface area contributed by atoms with E-state index in [2.05, 4.69) is 15.1 Å². The highest BCUT2D eigenvalue weighted by Crippen LogP contribution is 2.09. The summed E-state index contributed by atoms with van der Waals surface area (Å²) < 4.78 is 6.91. The molecule has 0 aliphatic carbocycles. The van der Waals surface area contributed by atoms with Crippen LogP contribution in [0.5, 0.6) is 5.88 Å². The average Bonchev–Trinajstić information content (AvgIpc) is 2.71. The van der Waals surface area contributed by atoms with Crippen molar-refractivity contribution in [3.8, 4) is 11.7 Å². The maximum absolute atomic E-state index is 5.25. The van der Waals surface area contributed by atoms with Crippen LogP contribution in [0.1, 0.15) is 6.92 Å². The lowest BCUT2D eigenvalue weighted by Gasteiger charge is -2.03. The minimum Gasteiger partial charge on any atom is -0.478 e. The largest absolute Gasteiger partial charge is 0.478 e. The van der Waals surface area contributed by atoms with E-state index < -0.39 is 0 Å². The molecule has 0 aliphatic rings. The third-order valence-corrected chi connectivity index (χ3v) is 1.66. The summed E-state index contributed by atoms with van der Waals surface area (Å²) >= 11 is 0. The first-order valence-electron chi connectivity index (χ1n) is 4.35. The van der Waals surface area contributed by atoms with Crippen LogP contribution >= 0.6 is 0 Å². The Morgan fingerprint density at radius 3 is 3.07 bits per heavy atom. The van der Waals surface area contributed by atoms with Crippen molar-refractivity contribution in [2.75, 3.05) is 6.61 Å². The van der Waals surface area contributed by atoms with Crippen molar-refractivity contribution >= 4 is 0 Å². The lowest BCUT2D eigenvalue weighted by atomic mass is 10.5. The van der Waals surface area contributed by atoms with Gasteiger partial charge < -0.3 is 4.74 Å². The highest BCUT2D eigenvalue weighted by molar-refractivity contribution is 5.25. The highest BCUT2D eigenvalue weighted by Gasteiger charge is 2.00. The van der Waals surface area contributed by atoms with Gasteiger partial charge in [0.1, 0.15) is 6.33 Å². The van der Waals surface area contributed by atoms with Gasteiger partial charge in [0.2, 0.25) is 5.88 Å². The Hall–Kier alpha value is -1.91. The van der Waals surface area contributed by atoms with Crippen LogP contribution in [0.25, 0.3) is 5.82 Å². The van der Waals surface area contributed by atoms with Crippen molar-refractivity contribution in [3.63, 3.8) is 0 Å². The second-order valence-corrected chi connectivity index (χ2v) is 2.60. The lowest BCUT2D eigenvalue weighted by molar-refractivity contribution is 0.326. The van der Waals surface area contributed by atoms with Crippen molar-refractivity contribution in [1.82, 2.24) is 19.7 Å². The number of aromatic nitrogens is 4. The fraction of sp³-hybridized carbons (Fsp3) is 0.222. The van der Waals surface area contributed by atoms with Crippen molar-refractivity contribution in [2.24, 2.45) is 0 Å². The minimum absolute atomic E-state index is 0.563. The zero-order valence-electron chi connectivity index (χ0n) is 7.79. The molecule has 2 heterocycles. The zero-order chi connectivity index (χ0) is 9.80. The van der Waals surface area contributed by atoms with Crippen molar-refractivity contribution < 1.29 is 4.74 Å². The summed E-state index contributed by atoms with van der Waals surface area (Å²) in [7, 11) is 0. The topological polar surface area (TPSA) is 52.8 Å². The summed E-state index contributed by atoms with van der Waals surface area (Å²) in [4.78, 5) is 8.04. The molecule has 2 rings (SSSR count). The fourth-order valence-electron chi connectivity index (χ4n) is 1.09. The molecule has 5 heteroatoms. The van der Waals surface area contributed by atoms with Gasteiger partial charge in [0, 0.05) is 18.5 Å². The Morgan fingerprint density at radius 1 is 1.43 bits per heavy atom. The summed E-state index contributed by atoms with van der Waals surface area (Å²) in [6.07, 6.45) is 4.97. The second-order valence-electron chi connectivity index (χ2n) is 2.60. The standard InChI is InChI=1S/C9H10N4O/c1-2-14-9-6-8(10-7-11-9)13-5-3-4-12-13/h3-7H,2H2,1H3. The summed E-state index contributed by atoms with van der Waals surface area (Å²) in [6.45, 7) is 2.51. The van der Waals surface area contributed by atoms with Gasteiger partial charge in [-0.1, -0.05) is 0 Å². The molecule has 0 bridgehead atoms. The van der Waals surface area contributed by atoms with Crippen LogP contribution in [-0.2, 0) is 0 Å². The van der Waals surface area contributed by atoms with Gasteiger partial charge in [-0.15, -0.1) is 0 Å². The molecule has 14 heavy (non-hydrogen) atoms. The van der Waals surface area contributed by atoms with E-state index in [0.717, 1.165) is 0 Å². The number of hydrogen-bond donors (Lipinski definition) is 0. The fourth-order valence-corrected chi connectivity index (χ4v) is 1.09. The van der Waals surface area contributed by atoms with Crippen molar-refractivity contribution in [3.05, 3.63) is 30.9 Å². The van der Waals surface area contributed by atoms with E-state index in [1.807, 2.05) is 19.2 Å². The van der Waals surface area contributed by atoms with Crippen LogP contribution in [0.2, 0.25) is 0 Å². The predicted octanol–water partition coefficient (Wildman–Crippen LogP) is 1.06. The Labute approximate surface area is 81.4 Å². The van der Waals surface area contributed by atoms with Crippen LogP contribution in [-0.4, -0.2) is 26.4 Å². The molecule has 2 aromatic rings. The molecule has 0 fully saturated rings. The Bertz CT molecular complexity index is 399. The molecule has 5 nitrogen and oxygen atoms in total. The molecule has 0 N–H and O–H groups in total. The van der Waals surface area contributed by atoms with Crippen molar-refractivity contribution in [2.45, 2.75) is 6.92 Å². The van der Waals surface area contributed by atoms with Gasteiger partial charge in [-0.05, 0) is 13.0 Å². The van der Waals surface area contributed by atoms with Gasteiger partial charge in [0.05, 0.1) is 6.61 Å². The smallest absolute Gasteiger partial charge is 0.218 e. The normalized spacial score (nSPS) is 10.1. The monoisotopic (exact) mass is 190 g/mol. The van der Waals surface area contributed by atoms with Gasteiger partial charge >= 0.3 is 0 Å². The van der Waals surface area contributed by atoms with Crippen LogP contribution in [0, 0.1) is 0 Å². The molecule has 0 unspecified atom stereocenters. The van der Waals surface area contributed by atoms with E-state index in [-0.39, 0.29) is 0 Å². The molecule has 0 saturated carbocycles. The molecule has 72 valence electrons. The SMILES string of the molecule is CCOc1cc(-n2cccn2)ncn1. The Morgan fingerprint density at radius 2 is 2.36 bits per heavy atom. The van der Waals surface area contributed by atoms with E-state index >= 15 is 0 Å². The molecule has 0 atom stereocenters. The molecule has 0 aromatic carbocycles. The first-order valence-corrected chi connectivity index (χ1v) is 4.35. The first-order chi connectivity index (χ1) is 6.90. The summed E-state index contributed by atoms with van der Waals surface area (Å²) in [5.74, 6) is 1.27. The van der Waals surface area contributed by atoms with E-state index in [0.29, 0.717) is 18.3 Å². The summed E-state index contributed by atoms with van der Waals surface area (Å²) in [5.41, 5.74) is 0. The quantitative estimate of drug-likeness (QED) is 0.726.